The fourth-order valence-corrected chi connectivity index (χ4v) is 2.59. The van der Waals surface area contributed by atoms with E-state index in [1.54, 1.807) is 41.6 Å². The molecule has 1 aromatic heterocycles. The Bertz CT molecular complexity index is 685. The number of hydrogen-bond donors (Lipinski definition) is 1. The first-order chi connectivity index (χ1) is 11.2. The summed E-state index contributed by atoms with van der Waals surface area (Å²) < 4.78 is 5.05. The molecule has 120 valence electrons. The Morgan fingerprint density at radius 1 is 1.13 bits per heavy atom. The molecule has 0 bridgehead atoms. The van der Waals surface area contributed by atoms with E-state index in [2.05, 4.69) is 9.97 Å². The highest BCUT2D eigenvalue weighted by Crippen LogP contribution is 2.30. The Hall–Kier alpha value is -2.83. The maximum atomic E-state index is 12.6. The van der Waals surface area contributed by atoms with Gasteiger partial charge in [-0.05, 0) is 18.2 Å². The topological polar surface area (TPSA) is 78.8 Å². The SMILES string of the molecule is COc1cccc(C(=O)N2CCN(c3ncccn3)CC2)c1O. The Kier molecular flexibility index (Phi) is 4.27. The number of hydrogen-bond acceptors (Lipinski definition) is 6. The van der Waals surface area contributed by atoms with E-state index in [1.807, 2.05) is 4.90 Å². The van der Waals surface area contributed by atoms with Gasteiger partial charge in [-0.15, -0.1) is 0 Å². The molecular weight excluding hydrogens is 296 g/mol. The summed E-state index contributed by atoms with van der Waals surface area (Å²) in [4.78, 5) is 24.8. The summed E-state index contributed by atoms with van der Waals surface area (Å²) in [5.74, 6) is 0.653. The zero-order valence-electron chi connectivity index (χ0n) is 12.8. The standard InChI is InChI=1S/C16H18N4O3/c1-23-13-5-2-4-12(14(13)21)15(22)19-8-10-20(11-9-19)16-17-6-3-7-18-16/h2-7,21H,8-11H2,1H3. The quantitative estimate of drug-likeness (QED) is 0.916. The number of carbonyl (C=O) groups is 1. The summed E-state index contributed by atoms with van der Waals surface area (Å²) in [7, 11) is 1.46. The van der Waals surface area contributed by atoms with Crippen molar-refractivity contribution in [2.24, 2.45) is 0 Å². The highest BCUT2D eigenvalue weighted by molar-refractivity contribution is 5.97. The second-order valence-electron chi connectivity index (χ2n) is 5.18. The third kappa shape index (κ3) is 3.03. The first-order valence-corrected chi connectivity index (χ1v) is 7.38. The smallest absolute Gasteiger partial charge is 0.257 e. The largest absolute Gasteiger partial charge is 0.504 e. The summed E-state index contributed by atoms with van der Waals surface area (Å²) in [5.41, 5.74) is 0.258. The number of anilines is 1. The average Bonchev–Trinajstić information content (AvgIpc) is 2.62. The number of methoxy groups -OCH3 is 1. The van der Waals surface area contributed by atoms with Crippen LogP contribution in [-0.2, 0) is 0 Å². The highest BCUT2D eigenvalue weighted by Gasteiger charge is 2.25. The fraction of sp³-hybridized carbons (Fsp3) is 0.312. The van der Waals surface area contributed by atoms with Crippen LogP contribution in [0.25, 0.3) is 0 Å². The van der Waals surface area contributed by atoms with Crippen LogP contribution in [-0.4, -0.2) is 59.2 Å². The van der Waals surface area contributed by atoms with Crippen molar-refractivity contribution in [3.05, 3.63) is 42.2 Å². The number of nitrogens with zero attached hydrogens (tertiary/aromatic N) is 4. The molecule has 1 saturated heterocycles. The number of benzene rings is 1. The number of aromatic nitrogens is 2. The maximum absolute atomic E-state index is 12.6. The molecule has 0 saturated carbocycles. The lowest BCUT2D eigenvalue weighted by Crippen LogP contribution is -2.49. The number of amides is 1. The van der Waals surface area contributed by atoms with Crippen LogP contribution in [0.15, 0.2) is 36.7 Å². The van der Waals surface area contributed by atoms with E-state index in [4.69, 9.17) is 4.74 Å². The molecule has 0 unspecified atom stereocenters. The van der Waals surface area contributed by atoms with Gasteiger partial charge in [0, 0.05) is 38.6 Å². The van der Waals surface area contributed by atoms with Crippen LogP contribution in [0.1, 0.15) is 10.4 Å². The van der Waals surface area contributed by atoms with E-state index in [-0.39, 0.29) is 17.2 Å². The van der Waals surface area contributed by atoms with Gasteiger partial charge >= 0.3 is 0 Å². The van der Waals surface area contributed by atoms with Crippen molar-refractivity contribution >= 4 is 11.9 Å². The Balaban J connectivity index is 1.69. The van der Waals surface area contributed by atoms with Crippen LogP contribution in [0.3, 0.4) is 0 Å². The van der Waals surface area contributed by atoms with Crippen molar-refractivity contribution in [2.45, 2.75) is 0 Å². The number of rotatable bonds is 3. The molecule has 1 aromatic carbocycles. The lowest BCUT2D eigenvalue weighted by molar-refractivity contribution is 0.0742. The number of ether oxygens (including phenoxy) is 1. The third-order valence-corrected chi connectivity index (χ3v) is 3.85. The van der Waals surface area contributed by atoms with Gasteiger partial charge in [-0.2, -0.15) is 0 Å². The van der Waals surface area contributed by atoms with Crippen molar-refractivity contribution in [1.82, 2.24) is 14.9 Å². The van der Waals surface area contributed by atoms with Crippen LogP contribution in [0.2, 0.25) is 0 Å². The molecule has 23 heavy (non-hydrogen) atoms. The van der Waals surface area contributed by atoms with Crippen molar-refractivity contribution in [3.8, 4) is 11.5 Å². The summed E-state index contributed by atoms with van der Waals surface area (Å²) in [5, 5.41) is 10.1. The maximum Gasteiger partial charge on any atom is 0.257 e. The highest BCUT2D eigenvalue weighted by atomic mass is 16.5. The third-order valence-electron chi connectivity index (χ3n) is 3.85. The van der Waals surface area contributed by atoms with Gasteiger partial charge < -0.3 is 19.6 Å². The van der Waals surface area contributed by atoms with Gasteiger partial charge in [-0.25, -0.2) is 9.97 Å². The van der Waals surface area contributed by atoms with Crippen molar-refractivity contribution in [3.63, 3.8) is 0 Å². The van der Waals surface area contributed by atoms with Crippen LogP contribution < -0.4 is 9.64 Å². The first kappa shape index (κ1) is 15.1. The molecule has 1 aliphatic rings. The summed E-state index contributed by atoms with van der Waals surface area (Å²) in [6, 6.07) is 6.69. The fourth-order valence-electron chi connectivity index (χ4n) is 2.59. The molecule has 1 N–H and O–H groups in total. The van der Waals surface area contributed by atoms with E-state index in [1.165, 1.54) is 7.11 Å². The van der Waals surface area contributed by atoms with Gasteiger partial charge in [-0.1, -0.05) is 6.07 Å². The minimum atomic E-state index is -0.199. The van der Waals surface area contributed by atoms with Gasteiger partial charge in [0.25, 0.3) is 5.91 Å². The molecule has 0 spiro atoms. The van der Waals surface area contributed by atoms with E-state index >= 15 is 0 Å². The monoisotopic (exact) mass is 314 g/mol. The van der Waals surface area contributed by atoms with E-state index < -0.39 is 0 Å². The van der Waals surface area contributed by atoms with Crippen molar-refractivity contribution in [2.75, 3.05) is 38.2 Å². The molecule has 3 rings (SSSR count). The number of aromatic hydroxyl groups is 1. The second kappa shape index (κ2) is 6.51. The van der Waals surface area contributed by atoms with Gasteiger partial charge in [0.05, 0.1) is 12.7 Å². The molecule has 7 nitrogen and oxygen atoms in total. The Labute approximate surface area is 134 Å². The molecule has 1 amide bonds. The molecule has 2 heterocycles. The molecule has 0 aliphatic carbocycles. The zero-order chi connectivity index (χ0) is 16.2. The average molecular weight is 314 g/mol. The summed E-state index contributed by atoms with van der Waals surface area (Å²) in [6.07, 6.45) is 3.41. The van der Waals surface area contributed by atoms with Crippen LogP contribution in [0.4, 0.5) is 5.95 Å². The number of piperazine rings is 1. The lowest BCUT2D eigenvalue weighted by atomic mass is 10.1. The van der Waals surface area contributed by atoms with Crippen LogP contribution in [0.5, 0.6) is 11.5 Å². The van der Waals surface area contributed by atoms with Crippen LogP contribution in [0, 0.1) is 0 Å². The van der Waals surface area contributed by atoms with Gasteiger partial charge in [0.2, 0.25) is 5.95 Å². The van der Waals surface area contributed by atoms with Gasteiger partial charge in [0.1, 0.15) is 0 Å². The molecule has 0 atom stereocenters. The van der Waals surface area contributed by atoms with Crippen molar-refractivity contribution in [1.29, 1.82) is 0 Å². The summed E-state index contributed by atoms with van der Waals surface area (Å²) >= 11 is 0. The normalized spacial score (nSPS) is 14.7. The number of phenols is 1. The minimum Gasteiger partial charge on any atom is -0.504 e. The number of para-hydroxylation sites is 1. The molecule has 1 fully saturated rings. The summed E-state index contributed by atoms with van der Waals surface area (Å²) in [6.45, 7) is 2.41. The van der Waals surface area contributed by atoms with Crippen LogP contribution >= 0.6 is 0 Å². The molecular formula is C16H18N4O3. The lowest BCUT2D eigenvalue weighted by Gasteiger charge is -2.34. The molecule has 0 radical (unpaired) electrons. The predicted molar refractivity (Wildman–Crippen MR) is 84.8 cm³/mol. The van der Waals surface area contributed by atoms with E-state index in [9.17, 15) is 9.90 Å². The van der Waals surface area contributed by atoms with E-state index in [0.717, 1.165) is 0 Å². The second-order valence-corrected chi connectivity index (χ2v) is 5.18. The van der Waals surface area contributed by atoms with Gasteiger partial charge in [0.15, 0.2) is 11.5 Å². The number of phenolic OH excluding ortho intramolecular Hbond substituents is 1. The predicted octanol–water partition coefficient (Wildman–Crippen LogP) is 1.15. The molecule has 2 aromatic rings. The zero-order valence-corrected chi connectivity index (χ0v) is 12.8. The van der Waals surface area contributed by atoms with Crippen molar-refractivity contribution < 1.29 is 14.6 Å². The molecule has 1 aliphatic heterocycles. The Morgan fingerprint density at radius 2 is 1.83 bits per heavy atom. The number of carbonyl (C=O) groups excluding carboxylic acids is 1. The van der Waals surface area contributed by atoms with E-state index in [0.29, 0.717) is 37.9 Å². The molecule has 7 heteroatoms. The van der Waals surface area contributed by atoms with Gasteiger partial charge in [-0.3, -0.25) is 4.79 Å². The Morgan fingerprint density at radius 3 is 2.48 bits per heavy atom. The first-order valence-electron chi connectivity index (χ1n) is 7.38. The minimum absolute atomic E-state index is 0.117.